The van der Waals surface area contributed by atoms with E-state index in [-0.39, 0.29) is 5.78 Å². The molecule has 0 spiro atoms. The van der Waals surface area contributed by atoms with Crippen LogP contribution in [0.5, 0.6) is 5.75 Å². The Morgan fingerprint density at radius 2 is 1.75 bits per heavy atom. The van der Waals surface area contributed by atoms with E-state index in [2.05, 4.69) is 0 Å². The minimum absolute atomic E-state index is 0.0727. The van der Waals surface area contributed by atoms with E-state index in [0.29, 0.717) is 16.9 Å². The highest BCUT2D eigenvalue weighted by molar-refractivity contribution is 6.10. The predicted molar refractivity (Wildman–Crippen MR) is 77.1 cm³/mol. The van der Waals surface area contributed by atoms with E-state index in [1.54, 1.807) is 24.3 Å². The molecule has 0 aromatic heterocycles. The summed E-state index contributed by atoms with van der Waals surface area (Å²) in [4.78, 5) is 23.4. The Morgan fingerprint density at radius 3 is 2.40 bits per heavy atom. The van der Waals surface area contributed by atoms with Crippen molar-refractivity contribution in [2.75, 3.05) is 0 Å². The molecule has 102 valence electrons. The molecule has 0 amide bonds. The summed E-state index contributed by atoms with van der Waals surface area (Å²) in [6, 6.07) is 12.4. The number of rotatable bonds is 3. The van der Waals surface area contributed by atoms with Gasteiger partial charge in [-0.2, -0.15) is 0 Å². The van der Waals surface area contributed by atoms with Gasteiger partial charge >= 0.3 is 5.97 Å². The fraction of sp³-hybridized carbons (Fsp3) is 0.176. The van der Waals surface area contributed by atoms with Crippen LogP contribution in [0.3, 0.4) is 0 Å². The van der Waals surface area contributed by atoms with Gasteiger partial charge < -0.3 is 4.74 Å². The van der Waals surface area contributed by atoms with Crippen LogP contribution in [0, 0.1) is 13.8 Å². The highest BCUT2D eigenvalue weighted by atomic mass is 16.5. The van der Waals surface area contributed by atoms with Crippen LogP contribution in [0.4, 0.5) is 0 Å². The third-order valence-corrected chi connectivity index (χ3v) is 2.98. The lowest BCUT2D eigenvalue weighted by molar-refractivity contribution is -0.131. The third kappa shape index (κ3) is 3.12. The van der Waals surface area contributed by atoms with Crippen LogP contribution in [0.2, 0.25) is 0 Å². The van der Waals surface area contributed by atoms with Crippen molar-refractivity contribution >= 4 is 11.8 Å². The van der Waals surface area contributed by atoms with E-state index < -0.39 is 5.97 Å². The molecular formula is C17H16O3. The Balaban J connectivity index is 2.35. The van der Waals surface area contributed by atoms with Gasteiger partial charge in [-0.15, -0.1) is 0 Å². The molecule has 0 aliphatic heterocycles. The molecule has 0 radical (unpaired) electrons. The minimum Gasteiger partial charge on any atom is -0.427 e. The Morgan fingerprint density at radius 1 is 1.00 bits per heavy atom. The summed E-state index contributed by atoms with van der Waals surface area (Å²) >= 11 is 0. The first kappa shape index (κ1) is 14.0. The van der Waals surface area contributed by atoms with Gasteiger partial charge in [-0.25, -0.2) is 0 Å². The summed E-state index contributed by atoms with van der Waals surface area (Å²) in [5.74, 6) is -0.0919. The number of esters is 1. The van der Waals surface area contributed by atoms with Crippen LogP contribution in [-0.2, 0) is 4.79 Å². The molecule has 0 saturated carbocycles. The van der Waals surface area contributed by atoms with E-state index in [9.17, 15) is 9.59 Å². The zero-order chi connectivity index (χ0) is 14.7. The van der Waals surface area contributed by atoms with Crippen molar-refractivity contribution in [1.29, 1.82) is 0 Å². The fourth-order valence-electron chi connectivity index (χ4n) is 2.09. The monoisotopic (exact) mass is 268 g/mol. The van der Waals surface area contributed by atoms with E-state index >= 15 is 0 Å². The van der Waals surface area contributed by atoms with Crippen molar-refractivity contribution in [3.05, 3.63) is 64.7 Å². The van der Waals surface area contributed by atoms with Crippen LogP contribution < -0.4 is 4.74 Å². The van der Waals surface area contributed by atoms with Gasteiger partial charge in [0.05, 0.1) is 0 Å². The Bertz CT molecular complexity index is 672. The number of aryl methyl sites for hydroxylation is 2. The second kappa shape index (κ2) is 5.70. The summed E-state index contributed by atoms with van der Waals surface area (Å²) in [7, 11) is 0. The highest BCUT2D eigenvalue weighted by Crippen LogP contribution is 2.19. The van der Waals surface area contributed by atoms with Crippen molar-refractivity contribution in [2.24, 2.45) is 0 Å². The molecule has 20 heavy (non-hydrogen) atoms. The highest BCUT2D eigenvalue weighted by Gasteiger charge is 2.12. The molecule has 0 bridgehead atoms. The van der Waals surface area contributed by atoms with Crippen LogP contribution >= 0.6 is 0 Å². The lowest BCUT2D eigenvalue weighted by Gasteiger charge is -2.07. The van der Waals surface area contributed by atoms with Crippen molar-refractivity contribution in [2.45, 2.75) is 20.8 Å². The number of ether oxygens (including phenoxy) is 1. The molecule has 3 nitrogen and oxygen atoms in total. The lowest BCUT2D eigenvalue weighted by atomic mass is 9.97. The second-order valence-electron chi connectivity index (χ2n) is 4.77. The number of benzene rings is 2. The van der Waals surface area contributed by atoms with Crippen LogP contribution in [0.1, 0.15) is 34.0 Å². The maximum atomic E-state index is 12.5. The molecule has 0 atom stereocenters. The van der Waals surface area contributed by atoms with Gasteiger partial charge in [0, 0.05) is 18.1 Å². The molecular weight excluding hydrogens is 252 g/mol. The Hall–Kier alpha value is -2.42. The van der Waals surface area contributed by atoms with Gasteiger partial charge in [0.2, 0.25) is 0 Å². The van der Waals surface area contributed by atoms with E-state index in [0.717, 1.165) is 11.1 Å². The largest absolute Gasteiger partial charge is 0.427 e. The molecule has 2 rings (SSSR count). The molecule has 0 unspecified atom stereocenters. The minimum atomic E-state index is -0.402. The molecule has 2 aromatic carbocycles. The summed E-state index contributed by atoms with van der Waals surface area (Å²) in [5, 5.41) is 0. The number of hydrogen-bond acceptors (Lipinski definition) is 3. The van der Waals surface area contributed by atoms with Crippen LogP contribution in [-0.4, -0.2) is 11.8 Å². The Labute approximate surface area is 118 Å². The number of hydrogen-bond donors (Lipinski definition) is 0. The van der Waals surface area contributed by atoms with Gasteiger partial charge in [0.25, 0.3) is 0 Å². The molecule has 0 saturated heterocycles. The maximum absolute atomic E-state index is 12.5. The standard InChI is InChI=1S/C17H16O3/c1-11-7-8-16(12(2)9-11)17(19)14-5-4-6-15(10-14)20-13(3)18/h4-10H,1-3H3. The van der Waals surface area contributed by atoms with Gasteiger partial charge in [-0.1, -0.05) is 35.9 Å². The zero-order valence-electron chi connectivity index (χ0n) is 11.8. The molecule has 0 aliphatic rings. The van der Waals surface area contributed by atoms with Gasteiger partial charge in [-0.05, 0) is 31.5 Å². The van der Waals surface area contributed by atoms with Gasteiger partial charge in [0.15, 0.2) is 5.78 Å². The van der Waals surface area contributed by atoms with Crippen LogP contribution in [0.25, 0.3) is 0 Å². The zero-order valence-corrected chi connectivity index (χ0v) is 11.8. The van der Waals surface area contributed by atoms with Gasteiger partial charge in [-0.3, -0.25) is 9.59 Å². The third-order valence-electron chi connectivity index (χ3n) is 2.98. The first-order valence-electron chi connectivity index (χ1n) is 6.38. The van der Waals surface area contributed by atoms with Crippen molar-refractivity contribution in [3.8, 4) is 5.75 Å². The quantitative estimate of drug-likeness (QED) is 0.486. The summed E-state index contributed by atoms with van der Waals surface area (Å²) in [6.07, 6.45) is 0. The molecule has 0 aliphatic carbocycles. The molecule has 2 aromatic rings. The average Bonchev–Trinajstić information content (AvgIpc) is 2.37. The predicted octanol–water partition coefficient (Wildman–Crippen LogP) is 3.46. The fourth-order valence-corrected chi connectivity index (χ4v) is 2.09. The first-order chi connectivity index (χ1) is 9.47. The van der Waals surface area contributed by atoms with Crippen molar-refractivity contribution < 1.29 is 14.3 Å². The first-order valence-corrected chi connectivity index (χ1v) is 6.38. The Kier molecular flexibility index (Phi) is 3.99. The summed E-state index contributed by atoms with van der Waals surface area (Å²) in [6.45, 7) is 5.23. The molecule has 0 N–H and O–H groups in total. The lowest BCUT2D eigenvalue weighted by Crippen LogP contribution is -2.06. The van der Waals surface area contributed by atoms with Crippen LogP contribution in [0.15, 0.2) is 42.5 Å². The molecule has 3 heteroatoms. The number of carbonyl (C=O) groups excluding carboxylic acids is 2. The van der Waals surface area contributed by atoms with Crippen molar-refractivity contribution in [1.82, 2.24) is 0 Å². The average molecular weight is 268 g/mol. The van der Waals surface area contributed by atoms with E-state index in [1.165, 1.54) is 6.92 Å². The molecule has 0 heterocycles. The van der Waals surface area contributed by atoms with E-state index in [1.807, 2.05) is 32.0 Å². The number of ketones is 1. The number of carbonyl (C=O) groups is 2. The van der Waals surface area contributed by atoms with Gasteiger partial charge in [0.1, 0.15) is 5.75 Å². The van der Waals surface area contributed by atoms with Crippen molar-refractivity contribution in [3.63, 3.8) is 0 Å². The summed E-state index contributed by atoms with van der Waals surface area (Å²) < 4.78 is 5.00. The normalized spacial score (nSPS) is 10.2. The molecule has 0 fully saturated rings. The smallest absolute Gasteiger partial charge is 0.308 e. The topological polar surface area (TPSA) is 43.4 Å². The second-order valence-corrected chi connectivity index (χ2v) is 4.77. The maximum Gasteiger partial charge on any atom is 0.308 e. The SMILES string of the molecule is CC(=O)Oc1cccc(C(=O)c2ccc(C)cc2C)c1. The van der Waals surface area contributed by atoms with E-state index in [4.69, 9.17) is 4.74 Å². The summed E-state index contributed by atoms with van der Waals surface area (Å²) in [5.41, 5.74) is 3.23.